The normalized spacial score (nSPS) is 11.7. The summed E-state index contributed by atoms with van der Waals surface area (Å²) in [6.07, 6.45) is -9.50. The minimum absolute atomic E-state index is 0.00469. The molecule has 6 aromatic heterocycles. The number of hydrogen-bond acceptors (Lipinski definition) is 12. The molecule has 0 radical (unpaired) electrons. The number of carboxylic acids is 2. The number of ether oxygens (including phenoxy) is 4. The molecule has 16 nitrogen and oxygen atoms in total. The minimum atomic E-state index is -4.65. The average Bonchev–Trinajstić information content (AvgIpc) is 3.18. The predicted molar refractivity (Wildman–Crippen MR) is 299 cm³/mol. The summed E-state index contributed by atoms with van der Waals surface area (Å²) in [4.78, 5) is 47.1. The molecule has 0 saturated carbocycles. The highest BCUT2D eigenvalue weighted by Crippen LogP contribution is 2.34. The Labute approximate surface area is 501 Å². The van der Waals surface area contributed by atoms with Crippen molar-refractivity contribution in [3.8, 4) is 34.3 Å². The Morgan fingerprint density at radius 2 is 0.886 bits per heavy atom. The van der Waals surface area contributed by atoms with Crippen LogP contribution >= 0.6 is 23.2 Å². The first-order valence-corrected chi connectivity index (χ1v) is 26.7. The number of alkyl halides is 6. The maximum absolute atomic E-state index is 15.4. The predicted octanol–water partition coefficient (Wildman–Crippen LogP) is 13.9. The van der Waals surface area contributed by atoms with Gasteiger partial charge in [-0.25, -0.2) is 57.1 Å². The molecule has 6 heterocycles. The number of benzene rings is 4. The Morgan fingerprint density at radius 1 is 0.489 bits per heavy atom. The number of aromatic carboxylic acids is 2. The minimum Gasteiger partial charge on any atom is -0.478 e. The lowest BCUT2D eigenvalue weighted by Gasteiger charge is -2.12. The zero-order valence-electron chi connectivity index (χ0n) is 45.7. The lowest BCUT2D eigenvalue weighted by Crippen LogP contribution is -2.10. The van der Waals surface area contributed by atoms with Gasteiger partial charge in [0.1, 0.15) is 69.8 Å². The fourth-order valence-electron chi connectivity index (χ4n) is 8.98. The quantitative estimate of drug-likeness (QED) is 0.0539. The largest absolute Gasteiger partial charge is 0.478 e. The second-order valence-corrected chi connectivity index (χ2v) is 19.9. The lowest BCUT2D eigenvalue weighted by atomic mass is 10.0. The number of hydrogen-bond donors (Lipinski definition) is 2. The van der Waals surface area contributed by atoms with Crippen molar-refractivity contribution >= 4 is 57.2 Å². The average molecular weight is 1270 g/mol. The second-order valence-electron chi connectivity index (χ2n) is 19.2. The van der Waals surface area contributed by atoms with Gasteiger partial charge in [-0.3, -0.25) is 0 Å². The third-order valence-electron chi connectivity index (χ3n) is 13.3. The highest BCUT2D eigenvalue weighted by atomic mass is 35.5. The molecule has 0 atom stereocenters. The highest BCUT2D eigenvalue weighted by molar-refractivity contribution is 6.30. The molecule has 0 saturated heterocycles. The summed E-state index contributed by atoms with van der Waals surface area (Å²) in [5.74, 6) is -4.46. The van der Waals surface area contributed by atoms with Crippen LogP contribution in [0.15, 0.2) is 121 Å². The zero-order chi connectivity index (χ0) is 63.2. The molecule has 88 heavy (non-hydrogen) atoms. The van der Waals surface area contributed by atoms with Crippen molar-refractivity contribution in [1.82, 2.24) is 39.0 Å². The molecular weight excluding hydrogens is 1220 g/mol. The molecule has 4 aromatic carbocycles. The number of nitrogens with zero attached hydrogens (tertiary/aromatic N) is 8. The van der Waals surface area contributed by atoms with E-state index in [1.807, 2.05) is 0 Å². The van der Waals surface area contributed by atoms with Crippen molar-refractivity contribution in [2.45, 2.75) is 51.5 Å². The molecule has 10 aromatic rings. The summed E-state index contributed by atoms with van der Waals surface area (Å²) in [7, 11) is 3.01. The molecule has 0 bridgehead atoms. The van der Waals surface area contributed by atoms with Crippen LogP contribution in [0.4, 0.5) is 43.9 Å². The van der Waals surface area contributed by atoms with Crippen LogP contribution in [-0.2, 0) is 61.0 Å². The number of rotatable bonds is 20. The number of pyridine rings is 4. The van der Waals surface area contributed by atoms with E-state index in [0.29, 0.717) is 46.8 Å². The van der Waals surface area contributed by atoms with Crippen molar-refractivity contribution in [2.24, 2.45) is 0 Å². The number of aromatic nitrogens is 8. The van der Waals surface area contributed by atoms with Gasteiger partial charge in [0.05, 0.1) is 57.8 Å². The van der Waals surface area contributed by atoms with E-state index < -0.39 is 69.3 Å². The number of imidazole rings is 2. The van der Waals surface area contributed by atoms with Gasteiger partial charge >= 0.3 is 24.3 Å². The van der Waals surface area contributed by atoms with Crippen LogP contribution < -0.4 is 9.47 Å². The van der Waals surface area contributed by atoms with Gasteiger partial charge in [0.15, 0.2) is 0 Å². The van der Waals surface area contributed by atoms with E-state index >= 15 is 17.6 Å². The van der Waals surface area contributed by atoms with E-state index in [1.54, 1.807) is 21.3 Å². The smallest absolute Gasteiger partial charge is 0.433 e. The molecule has 0 amide bonds. The molecule has 0 aliphatic rings. The molecular formula is C60H44Cl2F10N8O8. The first-order valence-electron chi connectivity index (χ1n) is 25.9. The van der Waals surface area contributed by atoms with Gasteiger partial charge in [-0.1, -0.05) is 47.5 Å². The molecule has 28 heteroatoms. The third kappa shape index (κ3) is 14.8. The van der Waals surface area contributed by atoms with E-state index in [1.165, 1.54) is 74.9 Å². The first-order chi connectivity index (χ1) is 41.9. The van der Waals surface area contributed by atoms with Crippen molar-refractivity contribution in [3.05, 3.63) is 211 Å². The summed E-state index contributed by atoms with van der Waals surface area (Å²) in [5.41, 5.74) is 0.0110. The number of carbonyl (C=O) groups is 2. The van der Waals surface area contributed by atoms with Crippen LogP contribution in [-0.4, -0.2) is 88.6 Å². The Bertz CT molecular complexity index is 3990. The van der Waals surface area contributed by atoms with Gasteiger partial charge < -0.3 is 38.3 Å². The monoisotopic (exact) mass is 1260 g/mol. The third-order valence-corrected chi connectivity index (χ3v) is 14.0. The van der Waals surface area contributed by atoms with Crippen molar-refractivity contribution < 1.29 is 82.7 Å². The van der Waals surface area contributed by atoms with Gasteiger partial charge in [-0.15, -0.1) is 0 Å². The van der Waals surface area contributed by atoms with Gasteiger partial charge in [0.2, 0.25) is 11.8 Å². The van der Waals surface area contributed by atoms with Gasteiger partial charge in [-0.05, 0) is 96.1 Å². The van der Waals surface area contributed by atoms with Gasteiger partial charge in [-0.2, -0.15) is 26.3 Å². The maximum Gasteiger partial charge on any atom is 0.433 e. The van der Waals surface area contributed by atoms with Crippen LogP contribution in [0.2, 0.25) is 10.3 Å². The Morgan fingerprint density at radius 3 is 1.24 bits per heavy atom. The van der Waals surface area contributed by atoms with Gasteiger partial charge in [0, 0.05) is 74.5 Å². The summed E-state index contributed by atoms with van der Waals surface area (Å²) < 4.78 is 163. The van der Waals surface area contributed by atoms with E-state index in [0.717, 1.165) is 48.5 Å². The highest BCUT2D eigenvalue weighted by Gasteiger charge is 2.34. The first kappa shape index (κ1) is 63.3. The lowest BCUT2D eigenvalue weighted by molar-refractivity contribution is -0.142. The SMILES string of the molecule is COCCn1c(Cc2cc(F)c(-c3cccc(OCc4ccc(C(F)(F)F)nc4Cl)n3)cc2F)nc2ccc(C(=O)O)cc21.COCCn1c(Cc2cc(F)c(-c3cccc(OCc4ccc(C(F)(F)F)nc4Cl)n3)cc2F)nc2ccc(C(=O)O)cc21. The van der Waals surface area contributed by atoms with Crippen LogP contribution in [0.5, 0.6) is 11.8 Å². The van der Waals surface area contributed by atoms with Crippen molar-refractivity contribution in [1.29, 1.82) is 0 Å². The Hall–Kier alpha value is -9.24. The van der Waals surface area contributed by atoms with Crippen molar-refractivity contribution in [3.63, 3.8) is 0 Å². The molecule has 2 N–H and O–H groups in total. The Balaban J connectivity index is 0.000000209. The summed E-state index contributed by atoms with van der Waals surface area (Å²) in [6, 6.07) is 25.5. The van der Waals surface area contributed by atoms with Crippen LogP contribution in [0.1, 0.15) is 66.0 Å². The van der Waals surface area contributed by atoms with Crippen molar-refractivity contribution in [2.75, 3.05) is 27.4 Å². The van der Waals surface area contributed by atoms with E-state index in [9.17, 15) is 46.1 Å². The molecule has 0 unspecified atom stereocenters. The fraction of sp³-hybridized carbons (Fsp3) is 0.200. The summed E-state index contributed by atoms with van der Waals surface area (Å²) in [5, 5.41) is 18.0. The molecule has 10 rings (SSSR count). The maximum atomic E-state index is 15.4. The van der Waals surface area contributed by atoms with Crippen LogP contribution in [0.3, 0.4) is 0 Å². The molecule has 0 aliphatic heterocycles. The summed E-state index contributed by atoms with van der Waals surface area (Å²) in [6.45, 7) is 0.618. The number of methoxy groups -OCH3 is 2. The van der Waals surface area contributed by atoms with E-state index in [-0.39, 0.29) is 107 Å². The number of halogens is 12. The topological polar surface area (TPSA) is 199 Å². The van der Waals surface area contributed by atoms with Crippen LogP contribution in [0, 0.1) is 23.3 Å². The molecule has 0 aliphatic carbocycles. The number of carboxylic acid groups (broad SMARTS) is 2. The standard InChI is InChI=1S/2C30H22ClF5N4O4/c2*1-43-10-9-40-24-12-16(29(41)42)5-7-23(24)37-26(40)13-18-11-21(33)19(14-20(18)32)22-3-2-4-27(38-22)44-15-17-6-8-25(30(34,35)36)39-28(17)31/h2*2-8,11-12,14H,9-10,13,15H2,1H3,(H,41,42). The Kier molecular flexibility index (Phi) is 19.3. The zero-order valence-corrected chi connectivity index (χ0v) is 47.2. The fourth-order valence-corrected chi connectivity index (χ4v) is 9.39. The molecule has 0 spiro atoms. The second kappa shape index (κ2) is 26.8. The van der Waals surface area contributed by atoms with E-state index in [4.69, 9.17) is 42.1 Å². The van der Waals surface area contributed by atoms with E-state index in [2.05, 4.69) is 29.9 Å². The molecule has 456 valence electrons. The molecule has 0 fully saturated rings. The summed E-state index contributed by atoms with van der Waals surface area (Å²) >= 11 is 11.8. The van der Waals surface area contributed by atoms with Gasteiger partial charge in [0.25, 0.3) is 0 Å². The number of fused-ring (bicyclic) bond motifs is 2. The van der Waals surface area contributed by atoms with Crippen LogP contribution in [0.25, 0.3) is 44.6 Å².